The SMILES string of the molecule is COC(=O)c1ccc(OCC(=O)NCCc2ccc(OC(F)F)cc2)c(OC)c1. The first-order valence-electron chi connectivity index (χ1n) is 8.62. The van der Waals surface area contributed by atoms with Gasteiger partial charge in [-0.2, -0.15) is 8.78 Å². The Labute approximate surface area is 166 Å². The highest BCUT2D eigenvalue weighted by Crippen LogP contribution is 2.28. The minimum Gasteiger partial charge on any atom is -0.493 e. The smallest absolute Gasteiger partial charge is 0.387 e. The number of carbonyl (C=O) groups excluding carboxylic acids is 2. The van der Waals surface area contributed by atoms with Crippen molar-refractivity contribution in [1.29, 1.82) is 0 Å². The summed E-state index contributed by atoms with van der Waals surface area (Å²) in [5.74, 6) is -0.173. The lowest BCUT2D eigenvalue weighted by atomic mass is 10.1. The van der Waals surface area contributed by atoms with Gasteiger partial charge in [0.25, 0.3) is 5.91 Å². The van der Waals surface area contributed by atoms with Crippen LogP contribution in [0.3, 0.4) is 0 Å². The summed E-state index contributed by atoms with van der Waals surface area (Å²) in [5.41, 5.74) is 1.15. The number of rotatable bonds is 10. The molecule has 0 saturated heterocycles. The van der Waals surface area contributed by atoms with Crippen LogP contribution >= 0.6 is 0 Å². The van der Waals surface area contributed by atoms with Gasteiger partial charge >= 0.3 is 12.6 Å². The number of esters is 1. The van der Waals surface area contributed by atoms with E-state index in [4.69, 9.17) is 9.47 Å². The van der Waals surface area contributed by atoms with Crippen LogP contribution in [0, 0.1) is 0 Å². The van der Waals surface area contributed by atoms with Crippen molar-refractivity contribution in [2.24, 2.45) is 0 Å². The van der Waals surface area contributed by atoms with E-state index in [1.165, 1.54) is 44.6 Å². The van der Waals surface area contributed by atoms with Crippen LogP contribution in [0.5, 0.6) is 17.2 Å². The fourth-order valence-electron chi connectivity index (χ4n) is 2.41. The standard InChI is InChI=1S/C20H21F2NO6/c1-26-17-11-14(19(25)27-2)5-8-16(17)28-12-18(24)23-10-9-13-3-6-15(7-4-13)29-20(21)22/h3-8,11,20H,9-10,12H2,1-2H3,(H,23,24). The lowest BCUT2D eigenvalue weighted by Crippen LogP contribution is -2.30. The first kappa shape index (κ1) is 21.9. The Kier molecular flexibility index (Phi) is 8.20. The molecule has 0 atom stereocenters. The number of hydrogen-bond donors (Lipinski definition) is 1. The zero-order valence-electron chi connectivity index (χ0n) is 15.9. The van der Waals surface area contributed by atoms with E-state index < -0.39 is 12.6 Å². The van der Waals surface area contributed by atoms with Gasteiger partial charge in [0, 0.05) is 6.54 Å². The zero-order valence-corrected chi connectivity index (χ0v) is 15.9. The number of nitrogens with one attached hydrogen (secondary N) is 1. The van der Waals surface area contributed by atoms with E-state index in [9.17, 15) is 18.4 Å². The van der Waals surface area contributed by atoms with Crippen molar-refractivity contribution >= 4 is 11.9 Å². The van der Waals surface area contributed by atoms with Crippen LogP contribution in [0.15, 0.2) is 42.5 Å². The molecule has 2 aromatic rings. The minimum absolute atomic E-state index is 0.0772. The molecule has 0 aliphatic rings. The second kappa shape index (κ2) is 10.8. The number of hydrogen-bond acceptors (Lipinski definition) is 6. The van der Waals surface area contributed by atoms with Crippen LogP contribution in [0.25, 0.3) is 0 Å². The van der Waals surface area contributed by atoms with Crippen molar-refractivity contribution in [2.75, 3.05) is 27.4 Å². The first-order valence-corrected chi connectivity index (χ1v) is 8.62. The minimum atomic E-state index is -2.87. The molecule has 0 bridgehead atoms. The van der Waals surface area contributed by atoms with Crippen LogP contribution in [0.4, 0.5) is 8.78 Å². The third kappa shape index (κ3) is 6.95. The molecule has 0 aliphatic carbocycles. The molecule has 1 amide bonds. The summed E-state index contributed by atoms with van der Waals surface area (Å²) in [6.07, 6.45) is 0.512. The summed E-state index contributed by atoms with van der Waals surface area (Å²) in [7, 11) is 2.69. The van der Waals surface area contributed by atoms with E-state index in [-0.39, 0.29) is 18.3 Å². The zero-order chi connectivity index (χ0) is 21.2. The summed E-state index contributed by atoms with van der Waals surface area (Å²) in [4.78, 5) is 23.5. The van der Waals surface area contributed by atoms with Crippen molar-refractivity contribution in [2.45, 2.75) is 13.0 Å². The molecule has 1 N–H and O–H groups in total. The molecule has 0 heterocycles. The predicted molar refractivity (Wildman–Crippen MR) is 99.6 cm³/mol. The van der Waals surface area contributed by atoms with Gasteiger partial charge in [0.05, 0.1) is 19.8 Å². The number of benzene rings is 2. The molecule has 0 saturated carbocycles. The highest BCUT2D eigenvalue weighted by atomic mass is 19.3. The molecule has 7 nitrogen and oxygen atoms in total. The predicted octanol–water partition coefficient (Wildman–Crippen LogP) is 2.82. The molecule has 9 heteroatoms. The number of amides is 1. The highest BCUT2D eigenvalue weighted by molar-refractivity contribution is 5.90. The Balaban J connectivity index is 1.79. The Hall–Kier alpha value is -3.36. The van der Waals surface area contributed by atoms with Crippen LogP contribution in [0.1, 0.15) is 15.9 Å². The summed E-state index contributed by atoms with van der Waals surface area (Å²) in [6, 6.07) is 10.7. The Morgan fingerprint density at radius 3 is 2.38 bits per heavy atom. The van der Waals surface area contributed by atoms with E-state index in [0.717, 1.165) is 5.56 Å². The Morgan fingerprint density at radius 1 is 1.03 bits per heavy atom. The van der Waals surface area contributed by atoms with Crippen molar-refractivity contribution in [3.8, 4) is 17.2 Å². The van der Waals surface area contributed by atoms with Crippen LogP contribution < -0.4 is 19.5 Å². The van der Waals surface area contributed by atoms with Gasteiger partial charge in [0.2, 0.25) is 0 Å². The fraction of sp³-hybridized carbons (Fsp3) is 0.300. The summed E-state index contributed by atoms with van der Waals surface area (Å²) >= 11 is 0. The number of carbonyl (C=O) groups is 2. The average Bonchev–Trinajstić information content (AvgIpc) is 2.72. The number of halogens is 2. The topological polar surface area (TPSA) is 83.1 Å². The van der Waals surface area contributed by atoms with Gasteiger partial charge in [0.1, 0.15) is 5.75 Å². The lowest BCUT2D eigenvalue weighted by molar-refractivity contribution is -0.123. The molecule has 0 spiro atoms. The summed E-state index contributed by atoms with van der Waals surface area (Å²) in [5, 5.41) is 2.69. The largest absolute Gasteiger partial charge is 0.493 e. The molecular formula is C20H21F2NO6. The average molecular weight is 409 g/mol. The van der Waals surface area contributed by atoms with Crippen LogP contribution in [-0.2, 0) is 16.0 Å². The van der Waals surface area contributed by atoms with Gasteiger partial charge in [-0.15, -0.1) is 0 Å². The van der Waals surface area contributed by atoms with Crippen molar-refractivity contribution in [3.63, 3.8) is 0 Å². The molecule has 0 radical (unpaired) electrons. The second-order valence-electron chi connectivity index (χ2n) is 5.77. The van der Waals surface area contributed by atoms with Crippen molar-refractivity contribution < 1.29 is 37.3 Å². The van der Waals surface area contributed by atoms with Gasteiger partial charge in [-0.05, 0) is 42.3 Å². The van der Waals surface area contributed by atoms with E-state index in [2.05, 4.69) is 14.8 Å². The molecule has 2 aromatic carbocycles. The number of ether oxygens (including phenoxy) is 4. The molecule has 2 rings (SSSR count). The van der Waals surface area contributed by atoms with E-state index >= 15 is 0 Å². The van der Waals surface area contributed by atoms with Crippen molar-refractivity contribution in [3.05, 3.63) is 53.6 Å². The highest BCUT2D eigenvalue weighted by Gasteiger charge is 2.12. The third-order valence-electron chi connectivity index (χ3n) is 3.83. The molecule has 0 fully saturated rings. The maximum atomic E-state index is 12.1. The molecule has 0 aliphatic heterocycles. The van der Waals surface area contributed by atoms with Gasteiger partial charge < -0.3 is 24.3 Å². The quantitative estimate of drug-likeness (QED) is 0.608. The lowest BCUT2D eigenvalue weighted by Gasteiger charge is -2.12. The fourth-order valence-corrected chi connectivity index (χ4v) is 2.41. The normalized spacial score (nSPS) is 10.4. The van der Waals surface area contributed by atoms with Gasteiger partial charge in [0.15, 0.2) is 18.1 Å². The van der Waals surface area contributed by atoms with Crippen molar-refractivity contribution in [1.82, 2.24) is 5.32 Å². The monoisotopic (exact) mass is 409 g/mol. The molecule has 156 valence electrons. The maximum Gasteiger partial charge on any atom is 0.387 e. The number of alkyl halides is 2. The third-order valence-corrected chi connectivity index (χ3v) is 3.83. The first-order chi connectivity index (χ1) is 13.9. The van der Waals surface area contributed by atoms with E-state index in [0.29, 0.717) is 30.0 Å². The van der Waals surface area contributed by atoms with E-state index in [1.54, 1.807) is 12.1 Å². The molecule has 0 aromatic heterocycles. The molecule has 29 heavy (non-hydrogen) atoms. The van der Waals surface area contributed by atoms with Gasteiger partial charge in [-0.25, -0.2) is 4.79 Å². The summed E-state index contributed by atoms with van der Waals surface area (Å²) in [6.45, 7) is -2.76. The van der Waals surface area contributed by atoms with Gasteiger partial charge in [-0.3, -0.25) is 4.79 Å². The van der Waals surface area contributed by atoms with Crippen LogP contribution in [0.2, 0.25) is 0 Å². The summed E-state index contributed by atoms with van der Waals surface area (Å²) < 4.78 is 43.7. The Morgan fingerprint density at radius 2 is 1.76 bits per heavy atom. The molecular weight excluding hydrogens is 388 g/mol. The molecule has 0 unspecified atom stereocenters. The number of methoxy groups -OCH3 is 2. The Bertz CT molecular complexity index is 826. The maximum absolute atomic E-state index is 12.1. The van der Waals surface area contributed by atoms with E-state index in [1.807, 2.05) is 0 Å². The van der Waals surface area contributed by atoms with Gasteiger partial charge in [-0.1, -0.05) is 12.1 Å². The van der Waals surface area contributed by atoms with Crippen LogP contribution in [-0.4, -0.2) is 45.9 Å². The second-order valence-corrected chi connectivity index (χ2v) is 5.77.